The van der Waals surface area contributed by atoms with Crippen molar-refractivity contribution in [2.75, 3.05) is 10.6 Å². The van der Waals surface area contributed by atoms with Gasteiger partial charge in [-0.1, -0.05) is 0 Å². The van der Waals surface area contributed by atoms with Gasteiger partial charge in [-0.3, -0.25) is 29.8 Å². The number of nitrogens with one attached hydrogen (secondary N) is 2. The zero-order chi connectivity index (χ0) is 30.9. The van der Waals surface area contributed by atoms with E-state index >= 15 is 0 Å². The molecule has 2 amide bonds. The lowest BCUT2D eigenvalue weighted by Crippen LogP contribution is -2.30. The average molecular weight is 587 g/mol. The number of benzene rings is 4. The van der Waals surface area contributed by atoms with Gasteiger partial charge < -0.3 is 24.8 Å². The molecule has 2 N–H and O–H groups in total. The van der Waals surface area contributed by atoms with Crippen LogP contribution in [0.5, 0.6) is 23.0 Å². The Morgan fingerprint density at radius 3 is 1.16 bits per heavy atom. The van der Waals surface area contributed by atoms with Gasteiger partial charge in [0.1, 0.15) is 23.0 Å². The van der Waals surface area contributed by atoms with E-state index in [1.807, 2.05) is 0 Å². The first-order valence-electron chi connectivity index (χ1n) is 12.9. The number of non-ortho nitro benzene ring substituents is 2. The van der Waals surface area contributed by atoms with Gasteiger partial charge in [-0.15, -0.1) is 0 Å². The highest BCUT2D eigenvalue weighted by Crippen LogP contribution is 2.25. The maximum atomic E-state index is 12.5. The molecule has 0 aliphatic heterocycles. The molecule has 2 unspecified atom stereocenters. The number of carbonyl (C=O) groups is 2. The van der Waals surface area contributed by atoms with E-state index < -0.39 is 33.9 Å². The van der Waals surface area contributed by atoms with Crippen LogP contribution in [-0.2, 0) is 9.59 Å². The van der Waals surface area contributed by atoms with Gasteiger partial charge in [0.05, 0.1) is 9.85 Å². The molecule has 4 aromatic rings. The van der Waals surface area contributed by atoms with Crippen LogP contribution >= 0.6 is 0 Å². The fraction of sp³-hybridized carbons (Fsp3) is 0.133. The van der Waals surface area contributed by atoms with Crippen molar-refractivity contribution in [1.82, 2.24) is 0 Å². The first kappa shape index (κ1) is 30.0. The van der Waals surface area contributed by atoms with E-state index in [0.29, 0.717) is 34.4 Å². The van der Waals surface area contributed by atoms with Gasteiger partial charge in [0.2, 0.25) is 0 Å². The normalized spacial score (nSPS) is 11.9. The van der Waals surface area contributed by atoms with Crippen LogP contribution in [0.1, 0.15) is 13.8 Å². The van der Waals surface area contributed by atoms with Crippen LogP contribution in [-0.4, -0.2) is 33.9 Å². The molecule has 0 aromatic heterocycles. The van der Waals surface area contributed by atoms with Crippen molar-refractivity contribution in [2.45, 2.75) is 26.1 Å². The number of anilines is 2. The number of nitro groups is 2. The topological polar surface area (TPSA) is 172 Å². The van der Waals surface area contributed by atoms with Crippen LogP contribution < -0.4 is 24.8 Å². The molecule has 0 saturated carbocycles. The molecule has 13 heteroatoms. The van der Waals surface area contributed by atoms with Gasteiger partial charge in [0, 0.05) is 35.6 Å². The number of amides is 2. The number of hydrogen-bond donors (Lipinski definition) is 2. The second-order valence-electron chi connectivity index (χ2n) is 9.15. The minimum absolute atomic E-state index is 0.0759. The highest BCUT2D eigenvalue weighted by Gasteiger charge is 2.17. The molecule has 43 heavy (non-hydrogen) atoms. The molecular formula is C30H26N4O9. The van der Waals surface area contributed by atoms with Crippen LogP contribution in [0.4, 0.5) is 22.7 Å². The summed E-state index contributed by atoms with van der Waals surface area (Å²) in [6.07, 6.45) is -1.71. The average Bonchev–Trinajstić information content (AvgIpc) is 2.99. The molecule has 0 aliphatic rings. The summed E-state index contributed by atoms with van der Waals surface area (Å²) in [5.74, 6) is 0.861. The van der Waals surface area contributed by atoms with E-state index in [1.165, 1.54) is 48.5 Å². The number of ether oxygens (including phenoxy) is 3. The summed E-state index contributed by atoms with van der Waals surface area (Å²) >= 11 is 0. The summed E-state index contributed by atoms with van der Waals surface area (Å²) < 4.78 is 16.9. The van der Waals surface area contributed by atoms with Crippen molar-refractivity contribution in [3.63, 3.8) is 0 Å². The Morgan fingerprint density at radius 2 is 0.860 bits per heavy atom. The molecule has 220 valence electrons. The van der Waals surface area contributed by atoms with Crippen molar-refractivity contribution in [2.24, 2.45) is 0 Å². The second-order valence-corrected chi connectivity index (χ2v) is 9.15. The summed E-state index contributed by atoms with van der Waals surface area (Å²) in [5.41, 5.74) is 0.875. The minimum atomic E-state index is -0.853. The van der Waals surface area contributed by atoms with Crippen LogP contribution in [0.25, 0.3) is 0 Å². The lowest BCUT2D eigenvalue weighted by atomic mass is 10.2. The van der Waals surface area contributed by atoms with Crippen molar-refractivity contribution in [3.05, 3.63) is 117 Å². The number of carbonyl (C=O) groups excluding carboxylic acids is 2. The Labute approximate surface area is 245 Å². The zero-order valence-electron chi connectivity index (χ0n) is 23.0. The Bertz CT molecular complexity index is 1470. The first-order valence-corrected chi connectivity index (χ1v) is 12.9. The van der Waals surface area contributed by atoms with Crippen LogP contribution in [0.15, 0.2) is 97.1 Å². The molecule has 0 spiro atoms. The predicted molar refractivity (Wildman–Crippen MR) is 157 cm³/mol. The number of hydrogen-bond acceptors (Lipinski definition) is 9. The third-order valence-corrected chi connectivity index (χ3v) is 5.94. The fourth-order valence-electron chi connectivity index (χ4n) is 3.64. The maximum Gasteiger partial charge on any atom is 0.269 e. The van der Waals surface area contributed by atoms with Gasteiger partial charge in [-0.2, -0.15) is 0 Å². The van der Waals surface area contributed by atoms with Crippen LogP contribution in [0, 0.1) is 20.2 Å². The van der Waals surface area contributed by atoms with Gasteiger partial charge in [0.15, 0.2) is 12.2 Å². The number of rotatable bonds is 12. The van der Waals surface area contributed by atoms with Crippen LogP contribution in [0.3, 0.4) is 0 Å². The SMILES string of the molecule is CC(Oc1ccc([N+](=O)[O-])cc1)C(=O)Nc1ccc(Oc2ccc(NC(=O)C(C)Oc3ccc([N+](=O)[O-])cc3)cc2)cc1. The second kappa shape index (κ2) is 13.6. The van der Waals surface area contributed by atoms with E-state index in [4.69, 9.17) is 14.2 Å². The first-order chi connectivity index (χ1) is 20.6. The third kappa shape index (κ3) is 8.50. The summed E-state index contributed by atoms with van der Waals surface area (Å²) in [7, 11) is 0. The van der Waals surface area contributed by atoms with E-state index in [0.717, 1.165) is 0 Å². The minimum Gasteiger partial charge on any atom is -0.481 e. The molecule has 0 heterocycles. The van der Waals surface area contributed by atoms with Crippen molar-refractivity contribution in [1.29, 1.82) is 0 Å². The standard InChI is InChI=1S/C30H26N4O9/c1-19(41-25-15-7-23(8-16-25)33(37)38)29(35)31-21-3-11-27(12-4-21)43-28-13-5-22(6-14-28)32-30(36)20(2)42-26-17-9-24(10-18-26)34(39)40/h3-20H,1-2H3,(H,31,35)(H,32,36). The molecule has 0 aliphatic carbocycles. The van der Waals surface area contributed by atoms with Crippen molar-refractivity contribution in [3.8, 4) is 23.0 Å². The molecule has 4 rings (SSSR count). The molecular weight excluding hydrogens is 560 g/mol. The molecule has 2 atom stereocenters. The lowest BCUT2D eigenvalue weighted by Gasteiger charge is -2.15. The largest absolute Gasteiger partial charge is 0.481 e. The predicted octanol–water partition coefficient (Wildman–Crippen LogP) is 6.11. The van der Waals surface area contributed by atoms with E-state index in [9.17, 15) is 29.8 Å². The Morgan fingerprint density at radius 1 is 0.558 bits per heavy atom. The number of nitrogens with zero attached hydrogens (tertiary/aromatic N) is 2. The van der Waals surface area contributed by atoms with Gasteiger partial charge >= 0.3 is 0 Å². The van der Waals surface area contributed by atoms with E-state index in [2.05, 4.69) is 10.6 Å². The Kier molecular flexibility index (Phi) is 9.48. The number of nitro benzene ring substituents is 2. The smallest absolute Gasteiger partial charge is 0.269 e. The maximum absolute atomic E-state index is 12.5. The Hall–Kier alpha value is -5.98. The van der Waals surface area contributed by atoms with Gasteiger partial charge in [-0.05, 0) is 86.6 Å². The summed E-state index contributed by atoms with van der Waals surface area (Å²) in [4.78, 5) is 45.5. The van der Waals surface area contributed by atoms with Crippen molar-refractivity contribution >= 4 is 34.6 Å². The Balaban J connectivity index is 1.24. The van der Waals surface area contributed by atoms with Gasteiger partial charge in [-0.25, -0.2) is 0 Å². The molecule has 0 saturated heterocycles. The van der Waals surface area contributed by atoms with Crippen LogP contribution in [0.2, 0.25) is 0 Å². The molecule has 13 nitrogen and oxygen atoms in total. The molecule has 0 radical (unpaired) electrons. The zero-order valence-corrected chi connectivity index (χ0v) is 23.0. The summed E-state index contributed by atoms with van der Waals surface area (Å²) in [6, 6.07) is 24.2. The monoisotopic (exact) mass is 586 g/mol. The highest BCUT2D eigenvalue weighted by molar-refractivity contribution is 5.94. The quantitative estimate of drug-likeness (QED) is 0.147. The third-order valence-electron chi connectivity index (χ3n) is 5.94. The fourth-order valence-corrected chi connectivity index (χ4v) is 3.64. The van der Waals surface area contributed by atoms with Gasteiger partial charge in [0.25, 0.3) is 23.2 Å². The lowest BCUT2D eigenvalue weighted by molar-refractivity contribution is -0.385. The molecule has 0 bridgehead atoms. The van der Waals surface area contributed by atoms with Crippen molar-refractivity contribution < 1.29 is 33.6 Å². The molecule has 0 fully saturated rings. The summed E-state index contributed by atoms with van der Waals surface area (Å²) in [6.45, 7) is 3.12. The van der Waals surface area contributed by atoms with E-state index in [-0.39, 0.29) is 11.4 Å². The van der Waals surface area contributed by atoms with E-state index in [1.54, 1.807) is 62.4 Å². The summed E-state index contributed by atoms with van der Waals surface area (Å²) in [5, 5.41) is 27.0. The molecule has 4 aromatic carbocycles. The highest BCUT2D eigenvalue weighted by atomic mass is 16.6.